The molecule has 0 spiro atoms. The number of nitrogen functional groups attached to an aromatic ring is 1. The van der Waals surface area contributed by atoms with Gasteiger partial charge in [0.15, 0.2) is 10.8 Å². The van der Waals surface area contributed by atoms with Crippen LogP contribution in [0.5, 0.6) is 0 Å². The first-order valence-corrected chi connectivity index (χ1v) is 11.7. The number of nitrogens with zero attached hydrogens (tertiary/aromatic N) is 4. The van der Waals surface area contributed by atoms with Crippen LogP contribution in [0, 0.1) is 0 Å². The van der Waals surface area contributed by atoms with Gasteiger partial charge in [0, 0.05) is 41.2 Å². The normalized spacial score (nSPS) is 15.2. The van der Waals surface area contributed by atoms with Gasteiger partial charge in [-0.2, -0.15) is 0 Å². The van der Waals surface area contributed by atoms with Gasteiger partial charge in [0.25, 0.3) is 0 Å². The lowest BCUT2D eigenvalue weighted by atomic mass is 10.1. The maximum Gasteiger partial charge on any atom is 0.190 e. The molecule has 0 amide bonds. The topological polar surface area (TPSA) is 94.1 Å². The molecule has 0 aliphatic carbocycles. The quantitative estimate of drug-likeness (QED) is 0.637. The predicted molar refractivity (Wildman–Crippen MR) is 115 cm³/mol. The van der Waals surface area contributed by atoms with Crippen molar-refractivity contribution in [2.75, 3.05) is 11.5 Å². The zero-order valence-electron chi connectivity index (χ0n) is 15.1. The summed E-state index contributed by atoms with van der Waals surface area (Å²) < 4.78 is 13.4. The van der Waals surface area contributed by atoms with Crippen molar-refractivity contribution >= 4 is 60.7 Å². The van der Waals surface area contributed by atoms with Crippen LogP contribution < -0.4 is 5.73 Å². The van der Waals surface area contributed by atoms with Crippen LogP contribution >= 0.6 is 22.7 Å². The standard InChI is InChI=1S/C18H19N5OS3/c1-3-4-7-27(24)18-13(19)12-14(11-8-10(2)21-9-11)22-15(23-16(12)26-18)17-20-5-6-25-17/h5-6,9H,3-4,7-8,19H2,1-2H3. The molecule has 0 saturated carbocycles. The van der Waals surface area contributed by atoms with E-state index in [1.54, 1.807) is 6.20 Å². The Hall–Kier alpha value is -1.97. The highest BCUT2D eigenvalue weighted by atomic mass is 32.2. The van der Waals surface area contributed by atoms with E-state index >= 15 is 0 Å². The largest absolute Gasteiger partial charge is 0.396 e. The molecule has 1 atom stereocenters. The Kier molecular flexibility index (Phi) is 5.16. The van der Waals surface area contributed by atoms with E-state index in [4.69, 9.17) is 10.7 Å². The van der Waals surface area contributed by atoms with Gasteiger partial charge >= 0.3 is 0 Å². The van der Waals surface area contributed by atoms with Gasteiger partial charge in [0.05, 0.1) is 27.6 Å². The molecule has 1 aliphatic rings. The average molecular weight is 418 g/mol. The molecule has 9 heteroatoms. The van der Waals surface area contributed by atoms with Crippen molar-refractivity contribution in [3.63, 3.8) is 0 Å². The summed E-state index contributed by atoms with van der Waals surface area (Å²) in [5, 5.41) is 3.45. The first kappa shape index (κ1) is 18.4. The molecule has 0 fully saturated rings. The van der Waals surface area contributed by atoms with Gasteiger partial charge in [0.1, 0.15) is 9.04 Å². The molecule has 0 saturated heterocycles. The third-order valence-corrected chi connectivity index (χ3v) is 8.02. The number of nitrogens with two attached hydrogens (primary N) is 1. The Labute approximate surface area is 167 Å². The Morgan fingerprint density at radius 2 is 2.19 bits per heavy atom. The SMILES string of the molecule is CCCCS(=O)c1sc2nc(-c3nccs3)nc(C3=CN=C(C)C3)c2c1N. The maximum atomic E-state index is 12.7. The molecule has 27 heavy (non-hydrogen) atoms. The van der Waals surface area contributed by atoms with E-state index in [0.29, 0.717) is 21.5 Å². The summed E-state index contributed by atoms with van der Waals surface area (Å²) in [4.78, 5) is 19.0. The van der Waals surface area contributed by atoms with Gasteiger partial charge in [-0.3, -0.25) is 9.20 Å². The van der Waals surface area contributed by atoms with Gasteiger partial charge < -0.3 is 5.73 Å². The molecular formula is C18H19N5OS3. The van der Waals surface area contributed by atoms with E-state index in [-0.39, 0.29) is 0 Å². The molecule has 0 bridgehead atoms. The molecule has 1 unspecified atom stereocenters. The molecule has 1 aliphatic heterocycles. The summed E-state index contributed by atoms with van der Waals surface area (Å²) in [6.07, 6.45) is 6.21. The molecule has 4 heterocycles. The van der Waals surface area contributed by atoms with Crippen LogP contribution in [0.4, 0.5) is 5.69 Å². The Morgan fingerprint density at radius 1 is 1.33 bits per heavy atom. The fourth-order valence-corrected chi connectivity index (χ4v) is 6.24. The number of aliphatic imine (C=N–C) groups is 1. The lowest BCUT2D eigenvalue weighted by Gasteiger charge is -2.07. The first-order valence-electron chi connectivity index (χ1n) is 8.69. The molecule has 2 N–H and O–H groups in total. The van der Waals surface area contributed by atoms with Crippen LogP contribution in [0.3, 0.4) is 0 Å². The summed E-state index contributed by atoms with van der Waals surface area (Å²) >= 11 is 2.90. The van der Waals surface area contributed by atoms with E-state index in [1.165, 1.54) is 22.7 Å². The van der Waals surface area contributed by atoms with Crippen molar-refractivity contribution in [1.82, 2.24) is 15.0 Å². The zero-order valence-corrected chi connectivity index (χ0v) is 17.5. The number of hydrogen-bond donors (Lipinski definition) is 1. The highest BCUT2D eigenvalue weighted by molar-refractivity contribution is 7.87. The molecule has 4 rings (SSSR count). The van der Waals surface area contributed by atoms with E-state index in [9.17, 15) is 4.21 Å². The third kappa shape index (κ3) is 3.46. The van der Waals surface area contributed by atoms with Gasteiger partial charge in [0.2, 0.25) is 0 Å². The number of hydrogen-bond acceptors (Lipinski definition) is 8. The summed E-state index contributed by atoms with van der Waals surface area (Å²) in [5.74, 6) is 1.19. The molecule has 0 radical (unpaired) electrons. The van der Waals surface area contributed by atoms with Crippen molar-refractivity contribution < 1.29 is 4.21 Å². The van der Waals surface area contributed by atoms with Crippen molar-refractivity contribution in [3.05, 3.63) is 23.5 Å². The summed E-state index contributed by atoms with van der Waals surface area (Å²) in [5.41, 5.74) is 9.80. The van der Waals surface area contributed by atoms with Gasteiger partial charge in [-0.25, -0.2) is 15.0 Å². The zero-order chi connectivity index (χ0) is 19.0. The first-order chi connectivity index (χ1) is 13.1. The summed E-state index contributed by atoms with van der Waals surface area (Å²) in [6.45, 7) is 4.08. The molecule has 140 valence electrons. The van der Waals surface area contributed by atoms with Crippen molar-refractivity contribution in [2.24, 2.45) is 4.99 Å². The minimum Gasteiger partial charge on any atom is -0.396 e. The highest BCUT2D eigenvalue weighted by Crippen LogP contribution is 2.41. The van der Waals surface area contributed by atoms with Crippen LogP contribution in [0.25, 0.3) is 26.6 Å². The maximum absolute atomic E-state index is 12.7. The minimum absolute atomic E-state index is 0.538. The molecular weight excluding hydrogens is 398 g/mol. The number of unbranched alkanes of at least 4 members (excludes halogenated alkanes) is 1. The average Bonchev–Trinajstić information content (AvgIpc) is 3.39. The fraction of sp³-hybridized carbons (Fsp3) is 0.333. The number of allylic oxidation sites excluding steroid dienone is 1. The van der Waals surface area contributed by atoms with Crippen LogP contribution in [0.2, 0.25) is 0 Å². The lowest BCUT2D eigenvalue weighted by molar-refractivity contribution is 0.681. The Bertz CT molecular complexity index is 1080. The van der Waals surface area contributed by atoms with Crippen molar-refractivity contribution in [1.29, 1.82) is 0 Å². The number of anilines is 1. The fourth-order valence-electron chi connectivity index (χ4n) is 2.90. The monoisotopic (exact) mass is 417 g/mol. The van der Waals surface area contributed by atoms with E-state index in [2.05, 4.69) is 21.9 Å². The van der Waals surface area contributed by atoms with E-state index in [1.807, 2.05) is 18.5 Å². The molecule has 0 aromatic carbocycles. The van der Waals surface area contributed by atoms with Crippen LogP contribution in [-0.2, 0) is 10.8 Å². The number of fused-ring (bicyclic) bond motifs is 1. The second-order valence-electron chi connectivity index (χ2n) is 6.32. The summed E-state index contributed by atoms with van der Waals surface area (Å²) in [7, 11) is -1.12. The number of aromatic nitrogens is 3. The lowest BCUT2D eigenvalue weighted by Crippen LogP contribution is -2.01. The van der Waals surface area contributed by atoms with Crippen LogP contribution in [0.1, 0.15) is 38.8 Å². The minimum atomic E-state index is -1.12. The van der Waals surface area contributed by atoms with Gasteiger partial charge in [-0.15, -0.1) is 22.7 Å². The Balaban J connectivity index is 1.89. The Morgan fingerprint density at radius 3 is 2.85 bits per heavy atom. The van der Waals surface area contributed by atoms with Crippen molar-refractivity contribution in [2.45, 2.75) is 37.3 Å². The predicted octanol–water partition coefficient (Wildman–Crippen LogP) is 4.51. The van der Waals surface area contributed by atoms with E-state index in [0.717, 1.165) is 51.5 Å². The second-order valence-corrected chi connectivity index (χ2v) is 9.97. The second kappa shape index (κ2) is 7.57. The smallest absolute Gasteiger partial charge is 0.190 e. The summed E-state index contributed by atoms with van der Waals surface area (Å²) in [6, 6.07) is 0. The molecule has 3 aromatic rings. The number of thiophene rings is 1. The van der Waals surface area contributed by atoms with E-state index < -0.39 is 10.8 Å². The number of thiazole rings is 1. The van der Waals surface area contributed by atoms with Crippen LogP contribution in [-0.4, -0.2) is 30.6 Å². The van der Waals surface area contributed by atoms with Gasteiger partial charge in [-0.05, 0) is 13.3 Å². The third-order valence-electron chi connectivity index (χ3n) is 4.26. The number of rotatable bonds is 6. The highest BCUT2D eigenvalue weighted by Gasteiger charge is 2.24. The molecule has 3 aromatic heterocycles. The molecule has 6 nitrogen and oxygen atoms in total. The van der Waals surface area contributed by atoms with Gasteiger partial charge in [-0.1, -0.05) is 13.3 Å². The van der Waals surface area contributed by atoms with Crippen molar-refractivity contribution in [3.8, 4) is 10.8 Å². The van der Waals surface area contributed by atoms with Crippen LogP contribution in [0.15, 0.2) is 27.0 Å².